The molecule has 11 heavy (non-hydrogen) atoms. The van der Waals surface area contributed by atoms with Crippen LogP contribution < -0.4 is 0 Å². The largest absolute Gasteiger partial charge is 0.368 e. The van der Waals surface area contributed by atoms with E-state index < -0.39 is 6.03 Å². The van der Waals surface area contributed by atoms with Gasteiger partial charge in [-0.1, -0.05) is 6.08 Å². The van der Waals surface area contributed by atoms with Gasteiger partial charge in [-0.05, 0) is 6.08 Å². The summed E-state index contributed by atoms with van der Waals surface area (Å²) in [7, 11) is 0. The van der Waals surface area contributed by atoms with Gasteiger partial charge in [0.05, 0.1) is 5.92 Å². The number of urea groups is 1. The van der Waals surface area contributed by atoms with Crippen LogP contribution in [0.15, 0.2) is 27.1 Å². The fraction of sp³-hybridized carbons (Fsp3) is 0.143. The van der Waals surface area contributed by atoms with Gasteiger partial charge >= 0.3 is 6.03 Å². The van der Waals surface area contributed by atoms with Crippen molar-refractivity contribution >= 4 is 24.3 Å². The molecule has 0 aromatic rings. The molecule has 54 valence electrons. The average molecular weight is 147 g/mol. The van der Waals surface area contributed by atoms with Crippen LogP contribution in [0.1, 0.15) is 0 Å². The Balaban J connectivity index is 2.39. The lowest BCUT2D eigenvalue weighted by Gasteiger charge is -2.11. The van der Waals surface area contributed by atoms with Crippen molar-refractivity contribution < 1.29 is 4.79 Å². The number of nitrogens with zero attached hydrogens (tertiary/aromatic N) is 3. The molecule has 0 saturated heterocycles. The molecule has 0 saturated carbocycles. The fourth-order valence-corrected chi connectivity index (χ4v) is 0.952. The third-order valence-corrected chi connectivity index (χ3v) is 1.47. The van der Waals surface area contributed by atoms with Crippen LogP contribution in [0, 0.1) is 5.92 Å². The van der Waals surface area contributed by atoms with Crippen LogP contribution in [-0.4, -0.2) is 24.3 Å². The maximum absolute atomic E-state index is 10.6. The van der Waals surface area contributed by atoms with Gasteiger partial charge in [-0.15, -0.1) is 0 Å². The van der Waals surface area contributed by atoms with Crippen LogP contribution in [0.3, 0.4) is 0 Å². The number of carbonyl (C=O) groups is 1. The zero-order valence-electron chi connectivity index (χ0n) is 5.64. The zero-order valence-corrected chi connectivity index (χ0v) is 5.64. The minimum atomic E-state index is -0.469. The van der Waals surface area contributed by atoms with Gasteiger partial charge in [-0.2, -0.15) is 4.99 Å². The number of amides is 2. The van der Waals surface area contributed by atoms with Crippen molar-refractivity contribution in [2.45, 2.75) is 0 Å². The summed E-state index contributed by atoms with van der Waals surface area (Å²) in [5.41, 5.74) is 0. The Morgan fingerprint density at radius 3 is 3.18 bits per heavy atom. The second-order valence-corrected chi connectivity index (χ2v) is 2.22. The van der Waals surface area contributed by atoms with Crippen LogP contribution in [0.25, 0.3) is 0 Å². The molecule has 2 aliphatic rings. The highest BCUT2D eigenvalue weighted by Crippen LogP contribution is 2.09. The predicted octanol–water partition coefficient (Wildman–Crippen LogP) is 0.846. The predicted molar refractivity (Wildman–Crippen MR) is 42.4 cm³/mol. The van der Waals surface area contributed by atoms with E-state index in [1.54, 1.807) is 12.4 Å². The summed E-state index contributed by atoms with van der Waals surface area (Å²) in [5.74, 6) is 0.533. The minimum absolute atomic E-state index is 0.00213. The Morgan fingerprint density at radius 1 is 1.36 bits per heavy atom. The zero-order chi connectivity index (χ0) is 7.68. The highest BCUT2D eigenvalue weighted by Gasteiger charge is 2.17. The average Bonchev–Trinajstić information content (AvgIpc) is 2.04. The van der Waals surface area contributed by atoms with Crippen molar-refractivity contribution in [1.29, 1.82) is 0 Å². The lowest BCUT2D eigenvalue weighted by Crippen LogP contribution is -2.19. The molecule has 2 heterocycles. The number of hydrogen-bond donors (Lipinski definition) is 0. The van der Waals surface area contributed by atoms with E-state index in [0.29, 0.717) is 5.84 Å². The number of allylic oxidation sites excluding steroid dienone is 1. The number of carbonyl (C=O) groups excluding carboxylic acids is 1. The van der Waals surface area contributed by atoms with Gasteiger partial charge in [0.25, 0.3) is 0 Å². The number of aliphatic imine (C=N–C) groups is 3. The van der Waals surface area contributed by atoms with Crippen LogP contribution in [0.5, 0.6) is 0 Å². The minimum Gasteiger partial charge on any atom is -0.244 e. The van der Waals surface area contributed by atoms with E-state index in [1.807, 2.05) is 12.2 Å². The molecule has 4 heteroatoms. The van der Waals surface area contributed by atoms with E-state index in [4.69, 9.17) is 0 Å². The summed E-state index contributed by atoms with van der Waals surface area (Å²) in [6.07, 6.45) is 6.87. The number of hydrogen-bond acceptors (Lipinski definition) is 2. The van der Waals surface area contributed by atoms with Crippen LogP contribution >= 0.6 is 0 Å². The lowest BCUT2D eigenvalue weighted by molar-refractivity contribution is 0.256. The van der Waals surface area contributed by atoms with E-state index in [0.717, 1.165) is 0 Å². The Kier molecular flexibility index (Phi) is 1.25. The van der Waals surface area contributed by atoms with Crippen molar-refractivity contribution in [2.75, 3.05) is 0 Å². The molecule has 2 aliphatic heterocycles. The van der Waals surface area contributed by atoms with Crippen molar-refractivity contribution in [3.63, 3.8) is 0 Å². The molecule has 0 radical (unpaired) electrons. The Hall–Kier alpha value is -1.58. The highest BCUT2D eigenvalue weighted by molar-refractivity contribution is 6.14. The summed E-state index contributed by atoms with van der Waals surface area (Å²) in [6, 6.07) is -0.469. The maximum atomic E-state index is 10.6. The summed E-state index contributed by atoms with van der Waals surface area (Å²) >= 11 is 0. The number of fused-ring (bicyclic) bond motifs is 1. The van der Waals surface area contributed by atoms with Gasteiger partial charge in [0.2, 0.25) is 0 Å². The molecule has 0 aromatic carbocycles. The third-order valence-electron chi connectivity index (χ3n) is 1.47. The van der Waals surface area contributed by atoms with Gasteiger partial charge in [0.15, 0.2) is 0 Å². The van der Waals surface area contributed by atoms with Gasteiger partial charge in [0.1, 0.15) is 5.84 Å². The molecule has 1 unspecified atom stereocenters. The van der Waals surface area contributed by atoms with Crippen molar-refractivity contribution in [1.82, 2.24) is 0 Å². The van der Waals surface area contributed by atoms with E-state index in [1.165, 1.54) is 0 Å². The second-order valence-electron chi connectivity index (χ2n) is 2.22. The molecule has 0 N–H and O–H groups in total. The van der Waals surface area contributed by atoms with Gasteiger partial charge in [-0.3, -0.25) is 0 Å². The Labute approximate surface area is 63.1 Å². The molecule has 0 aliphatic carbocycles. The molecular weight excluding hydrogens is 142 g/mol. The van der Waals surface area contributed by atoms with Gasteiger partial charge in [0, 0.05) is 12.4 Å². The molecule has 1 atom stereocenters. The monoisotopic (exact) mass is 147 g/mol. The first-order valence-electron chi connectivity index (χ1n) is 3.24. The number of dihydropyridines is 1. The third kappa shape index (κ3) is 1.02. The Bertz CT molecular complexity index is 312. The smallest absolute Gasteiger partial charge is 0.244 e. The van der Waals surface area contributed by atoms with E-state index >= 15 is 0 Å². The summed E-state index contributed by atoms with van der Waals surface area (Å²) in [4.78, 5) is 21.7. The summed E-state index contributed by atoms with van der Waals surface area (Å²) in [6.45, 7) is 0. The van der Waals surface area contributed by atoms with E-state index in [9.17, 15) is 4.79 Å². The van der Waals surface area contributed by atoms with Crippen LogP contribution in [0.2, 0.25) is 0 Å². The van der Waals surface area contributed by atoms with E-state index in [2.05, 4.69) is 15.0 Å². The van der Waals surface area contributed by atoms with Crippen LogP contribution in [-0.2, 0) is 0 Å². The first-order valence-corrected chi connectivity index (χ1v) is 3.24. The van der Waals surface area contributed by atoms with Crippen molar-refractivity contribution in [3.8, 4) is 0 Å². The standard InChI is InChI=1S/C7H5N3O/c11-7-9-4-5-2-1-3-8-6(5)10-7/h1-5H. The topological polar surface area (TPSA) is 54.1 Å². The molecule has 2 rings (SSSR count). The lowest BCUT2D eigenvalue weighted by atomic mass is 10.1. The van der Waals surface area contributed by atoms with Crippen molar-refractivity contribution in [3.05, 3.63) is 12.2 Å². The van der Waals surface area contributed by atoms with Crippen molar-refractivity contribution in [2.24, 2.45) is 20.9 Å². The molecule has 2 amide bonds. The SMILES string of the molecule is O=C1N=CC2C=CC=NC2=N1. The molecule has 0 fully saturated rings. The number of amidine groups is 1. The normalized spacial score (nSPS) is 26.7. The molecule has 0 spiro atoms. The quantitative estimate of drug-likeness (QED) is 0.501. The molecule has 0 bridgehead atoms. The summed E-state index contributed by atoms with van der Waals surface area (Å²) < 4.78 is 0. The number of rotatable bonds is 0. The molecule has 4 nitrogen and oxygen atoms in total. The second kappa shape index (κ2) is 2.23. The first-order chi connectivity index (χ1) is 5.36. The molecule has 0 aromatic heterocycles. The van der Waals surface area contributed by atoms with E-state index in [-0.39, 0.29) is 5.92 Å². The maximum Gasteiger partial charge on any atom is 0.368 e. The fourth-order valence-electron chi connectivity index (χ4n) is 0.952. The first kappa shape index (κ1) is 6.15. The van der Waals surface area contributed by atoms with Gasteiger partial charge in [-0.25, -0.2) is 14.8 Å². The molecular formula is C7H5N3O. The van der Waals surface area contributed by atoms with Gasteiger partial charge < -0.3 is 0 Å². The Morgan fingerprint density at radius 2 is 2.27 bits per heavy atom. The summed E-state index contributed by atoms with van der Waals surface area (Å²) in [5, 5.41) is 0. The highest BCUT2D eigenvalue weighted by atomic mass is 16.2. The van der Waals surface area contributed by atoms with Crippen LogP contribution in [0.4, 0.5) is 4.79 Å².